The van der Waals surface area contributed by atoms with Crippen molar-refractivity contribution in [1.29, 1.82) is 0 Å². The molecule has 1 aromatic rings. The molecule has 4 atom stereocenters. The van der Waals surface area contributed by atoms with Gasteiger partial charge in [0.15, 0.2) is 0 Å². The fourth-order valence-corrected chi connectivity index (χ4v) is 2.82. The Balaban J connectivity index is 1.90. The number of rotatable bonds is 3. The van der Waals surface area contributed by atoms with Crippen molar-refractivity contribution in [2.45, 2.75) is 32.0 Å². The van der Waals surface area contributed by atoms with Crippen molar-refractivity contribution in [1.82, 2.24) is 0 Å². The zero-order valence-electron chi connectivity index (χ0n) is 10.4. The van der Waals surface area contributed by atoms with Crippen LogP contribution in [0.2, 0.25) is 0 Å². The average molecular weight is 248 g/mol. The summed E-state index contributed by atoms with van der Waals surface area (Å²) in [6.45, 7) is 3.91. The summed E-state index contributed by atoms with van der Waals surface area (Å²) < 4.78 is 10.8. The molecule has 1 aliphatic heterocycles. The third kappa shape index (κ3) is 1.52. The number of hydrogen-bond acceptors (Lipinski definition) is 4. The van der Waals surface area contributed by atoms with E-state index in [1.807, 2.05) is 18.2 Å². The highest BCUT2D eigenvalue weighted by molar-refractivity contribution is 5.81. The molecule has 4 nitrogen and oxygen atoms in total. The highest BCUT2D eigenvalue weighted by Crippen LogP contribution is 2.60. The fourth-order valence-electron chi connectivity index (χ4n) is 2.82. The highest BCUT2D eigenvalue weighted by atomic mass is 16.5. The predicted molar refractivity (Wildman–Crippen MR) is 64.4 cm³/mol. The lowest BCUT2D eigenvalue weighted by Gasteiger charge is -2.13. The summed E-state index contributed by atoms with van der Waals surface area (Å²) in [5.74, 6) is 0.463. The smallest absolute Gasteiger partial charge is 0.313 e. The van der Waals surface area contributed by atoms with Crippen LogP contribution in [0.25, 0.3) is 0 Å². The van der Waals surface area contributed by atoms with Crippen molar-refractivity contribution in [3.05, 3.63) is 29.3 Å². The minimum Gasteiger partial charge on any atom is -0.489 e. The van der Waals surface area contributed by atoms with E-state index in [9.17, 15) is 9.90 Å². The Kier molecular flexibility index (Phi) is 2.55. The molecule has 4 heteroatoms. The molecule has 1 fully saturated rings. The summed E-state index contributed by atoms with van der Waals surface area (Å²) in [6, 6.07) is 5.64. The van der Waals surface area contributed by atoms with Crippen molar-refractivity contribution >= 4 is 5.97 Å². The molecule has 3 rings (SSSR count). The van der Waals surface area contributed by atoms with Crippen LogP contribution in [-0.2, 0) is 9.53 Å². The molecule has 96 valence electrons. The summed E-state index contributed by atoms with van der Waals surface area (Å²) in [5.41, 5.74) is 1.84. The molecule has 0 unspecified atom stereocenters. The Morgan fingerprint density at radius 2 is 2.33 bits per heavy atom. The summed E-state index contributed by atoms with van der Waals surface area (Å²) in [7, 11) is 0. The van der Waals surface area contributed by atoms with Crippen molar-refractivity contribution in [2.75, 3.05) is 6.61 Å². The summed E-state index contributed by atoms with van der Waals surface area (Å²) in [4.78, 5) is 11.7. The Bertz CT molecular complexity index is 495. The van der Waals surface area contributed by atoms with Crippen molar-refractivity contribution in [3.8, 4) is 5.75 Å². The lowest BCUT2D eigenvalue weighted by atomic mass is 9.98. The lowest BCUT2D eigenvalue weighted by molar-refractivity contribution is -0.145. The van der Waals surface area contributed by atoms with Crippen LogP contribution in [0.1, 0.15) is 37.0 Å². The first kappa shape index (κ1) is 11.5. The van der Waals surface area contributed by atoms with E-state index in [2.05, 4.69) is 0 Å². The molecular weight excluding hydrogens is 232 g/mol. The van der Waals surface area contributed by atoms with E-state index in [0.29, 0.717) is 6.61 Å². The van der Waals surface area contributed by atoms with Crippen molar-refractivity contribution in [3.63, 3.8) is 0 Å². The molecule has 2 aliphatic rings. The molecule has 18 heavy (non-hydrogen) atoms. The standard InChI is InChI=1S/C14H16O4/c1-3-17-14(16)12-11-10-8(7(2)15)5-4-6-9(10)18-13(11)12/h4-7,11-13,15H,3H2,1-2H3/t7-,11-,12-,13-/m1/s1. The summed E-state index contributed by atoms with van der Waals surface area (Å²) in [6.07, 6.45) is -0.648. The molecule has 1 heterocycles. The molecule has 0 aromatic heterocycles. The molecule has 1 aromatic carbocycles. The van der Waals surface area contributed by atoms with Crippen LogP contribution in [0.3, 0.4) is 0 Å². The third-order valence-corrected chi connectivity index (χ3v) is 3.66. The molecular formula is C14H16O4. The monoisotopic (exact) mass is 248 g/mol. The van der Waals surface area contributed by atoms with Crippen LogP contribution < -0.4 is 4.74 Å². The van der Waals surface area contributed by atoms with Gasteiger partial charge in [0.25, 0.3) is 0 Å². The van der Waals surface area contributed by atoms with Crippen LogP contribution in [0.15, 0.2) is 18.2 Å². The van der Waals surface area contributed by atoms with Crippen LogP contribution in [0, 0.1) is 5.92 Å². The molecule has 0 bridgehead atoms. The number of carbonyl (C=O) groups excluding carboxylic acids is 1. The molecule has 1 aliphatic carbocycles. The fraction of sp³-hybridized carbons (Fsp3) is 0.500. The third-order valence-electron chi connectivity index (χ3n) is 3.66. The van der Waals surface area contributed by atoms with Gasteiger partial charge in [-0.3, -0.25) is 4.79 Å². The van der Waals surface area contributed by atoms with Crippen molar-refractivity contribution < 1.29 is 19.4 Å². The summed E-state index contributed by atoms with van der Waals surface area (Å²) in [5, 5.41) is 9.78. The Labute approximate surface area is 106 Å². The number of fused-ring (bicyclic) bond motifs is 3. The molecule has 0 saturated heterocycles. The van der Waals surface area contributed by atoms with Crippen LogP contribution >= 0.6 is 0 Å². The van der Waals surface area contributed by atoms with Gasteiger partial charge in [-0.2, -0.15) is 0 Å². The zero-order valence-corrected chi connectivity index (χ0v) is 10.4. The van der Waals surface area contributed by atoms with Gasteiger partial charge in [-0.15, -0.1) is 0 Å². The Morgan fingerprint density at radius 3 is 3.00 bits per heavy atom. The maximum Gasteiger partial charge on any atom is 0.313 e. The van der Waals surface area contributed by atoms with E-state index < -0.39 is 6.10 Å². The summed E-state index contributed by atoms with van der Waals surface area (Å²) >= 11 is 0. The van der Waals surface area contributed by atoms with Crippen molar-refractivity contribution in [2.24, 2.45) is 5.92 Å². The van der Waals surface area contributed by atoms with E-state index in [0.717, 1.165) is 16.9 Å². The number of hydrogen-bond donors (Lipinski definition) is 1. The number of aliphatic hydroxyl groups is 1. The molecule has 0 amide bonds. The maximum absolute atomic E-state index is 11.7. The molecule has 1 saturated carbocycles. The van der Waals surface area contributed by atoms with Crippen LogP contribution in [0.4, 0.5) is 0 Å². The quantitative estimate of drug-likeness (QED) is 0.828. The minimum atomic E-state index is -0.550. The van der Waals surface area contributed by atoms with Crippen LogP contribution in [-0.4, -0.2) is 23.8 Å². The number of carbonyl (C=O) groups is 1. The SMILES string of the molecule is CCOC(=O)[C@H]1[C@@H]2Oc3cccc([C@@H](C)O)c3[C@@H]21. The number of esters is 1. The topological polar surface area (TPSA) is 55.8 Å². The lowest BCUT2D eigenvalue weighted by Crippen LogP contribution is -2.13. The minimum absolute atomic E-state index is 0.0600. The molecule has 0 spiro atoms. The predicted octanol–water partition coefficient (Wildman–Crippen LogP) is 1.78. The second-order valence-electron chi connectivity index (χ2n) is 4.82. The van der Waals surface area contributed by atoms with Gasteiger partial charge in [0.05, 0.1) is 12.7 Å². The van der Waals surface area contributed by atoms with E-state index >= 15 is 0 Å². The number of ether oxygens (including phenoxy) is 2. The van der Waals surface area contributed by atoms with Gasteiger partial charge < -0.3 is 14.6 Å². The normalized spacial score (nSPS) is 28.9. The van der Waals surface area contributed by atoms with Gasteiger partial charge in [0.1, 0.15) is 17.8 Å². The average Bonchev–Trinajstić information content (AvgIpc) is 2.91. The second-order valence-corrected chi connectivity index (χ2v) is 4.82. The van der Waals surface area contributed by atoms with E-state index in [1.165, 1.54) is 0 Å². The van der Waals surface area contributed by atoms with Gasteiger partial charge in [0, 0.05) is 11.5 Å². The molecule has 1 N–H and O–H groups in total. The van der Waals surface area contributed by atoms with Gasteiger partial charge in [-0.05, 0) is 25.5 Å². The number of aliphatic hydroxyl groups excluding tert-OH is 1. The maximum atomic E-state index is 11.7. The number of benzene rings is 1. The van der Waals surface area contributed by atoms with Gasteiger partial charge in [0.2, 0.25) is 0 Å². The van der Waals surface area contributed by atoms with E-state index in [-0.39, 0.29) is 23.9 Å². The van der Waals surface area contributed by atoms with Gasteiger partial charge >= 0.3 is 5.97 Å². The zero-order chi connectivity index (χ0) is 12.9. The first-order chi connectivity index (χ1) is 8.65. The molecule has 0 radical (unpaired) electrons. The van der Waals surface area contributed by atoms with E-state index in [1.54, 1.807) is 13.8 Å². The largest absolute Gasteiger partial charge is 0.489 e. The highest BCUT2D eigenvalue weighted by Gasteiger charge is 2.64. The van der Waals surface area contributed by atoms with E-state index in [4.69, 9.17) is 9.47 Å². The Morgan fingerprint density at radius 1 is 1.56 bits per heavy atom. The van der Waals surface area contributed by atoms with Gasteiger partial charge in [-0.1, -0.05) is 12.1 Å². The first-order valence-corrected chi connectivity index (χ1v) is 6.29. The van der Waals surface area contributed by atoms with Gasteiger partial charge in [-0.25, -0.2) is 0 Å². The Hall–Kier alpha value is -1.55. The second kappa shape index (κ2) is 3.99. The van der Waals surface area contributed by atoms with Crippen LogP contribution in [0.5, 0.6) is 5.75 Å². The first-order valence-electron chi connectivity index (χ1n) is 6.29.